The lowest BCUT2D eigenvalue weighted by Crippen LogP contribution is -2.19. The smallest absolute Gasteiger partial charge is 0.231 e. The topological polar surface area (TPSA) is 42.2 Å². The molecule has 1 aliphatic heterocycles. The molecule has 0 saturated carbocycles. The van der Waals surface area contributed by atoms with Gasteiger partial charge in [-0.1, -0.05) is 41.1 Å². The first-order valence-corrected chi connectivity index (χ1v) is 8.81. The molecule has 5 heteroatoms. The molecule has 0 amide bonds. The molecule has 0 N–H and O–H groups in total. The van der Waals surface area contributed by atoms with E-state index in [0.717, 1.165) is 36.8 Å². The van der Waals surface area contributed by atoms with E-state index in [1.807, 2.05) is 17.5 Å². The lowest BCUT2D eigenvalue weighted by Gasteiger charge is -2.15. The predicted octanol–water partition coefficient (Wildman–Crippen LogP) is 4.10. The van der Waals surface area contributed by atoms with E-state index >= 15 is 0 Å². The minimum Gasteiger partial charge on any atom is -0.339 e. The Morgan fingerprint density at radius 1 is 1.30 bits per heavy atom. The van der Waals surface area contributed by atoms with E-state index in [1.165, 1.54) is 11.1 Å². The number of benzene rings is 1. The molecule has 0 radical (unpaired) electrons. The van der Waals surface area contributed by atoms with Crippen LogP contribution in [0.2, 0.25) is 0 Å². The summed E-state index contributed by atoms with van der Waals surface area (Å²) in [4.78, 5) is 8.13. The van der Waals surface area contributed by atoms with E-state index in [2.05, 4.69) is 46.2 Å². The van der Waals surface area contributed by atoms with Gasteiger partial charge in [0.15, 0.2) is 0 Å². The molecular formula is C18H19N3OS. The van der Waals surface area contributed by atoms with Gasteiger partial charge in [0, 0.05) is 13.1 Å². The molecule has 3 aromatic rings. The van der Waals surface area contributed by atoms with Crippen molar-refractivity contribution < 1.29 is 4.52 Å². The van der Waals surface area contributed by atoms with Crippen LogP contribution in [-0.4, -0.2) is 28.1 Å². The van der Waals surface area contributed by atoms with Crippen LogP contribution < -0.4 is 0 Å². The Hall–Kier alpha value is -1.98. The summed E-state index contributed by atoms with van der Waals surface area (Å²) in [6, 6.07) is 12.8. The van der Waals surface area contributed by atoms with Crippen LogP contribution in [0.3, 0.4) is 0 Å². The monoisotopic (exact) mass is 325 g/mol. The Bertz CT molecular complexity index is 781. The van der Waals surface area contributed by atoms with Gasteiger partial charge in [-0.2, -0.15) is 4.98 Å². The summed E-state index contributed by atoms with van der Waals surface area (Å²) in [5, 5.41) is 6.16. The van der Waals surface area contributed by atoms with Gasteiger partial charge >= 0.3 is 0 Å². The standard InChI is InChI=1S/C18H19N3OS/c1-13-4-2-5-14(10-13)11-21-8-7-15(12-21)18-19-17(20-22-18)16-6-3-9-23-16/h2-6,9-10,15H,7-8,11-12H2,1H3/t15-/m0/s1. The van der Waals surface area contributed by atoms with Gasteiger partial charge < -0.3 is 4.52 Å². The molecular weight excluding hydrogens is 306 g/mol. The highest BCUT2D eigenvalue weighted by atomic mass is 32.1. The molecule has 1 fully saturated rings. The van der Waals surface area contributed by atoms with Crippen molar-refractivity contribution in [2.75, 3.05) is 13.1 Å². The number of aromatic nitrogens is 2. The predicted molar refractivity (Wildman–Crippen MR) is 91.4 cm³/mol. The fourth-order valence-corrected chi connectivity index (χ4v) is 3.80. The molecule has 1 saturated heterocycles. The molecule has 3 heterocycles. The molecule has 0 spiro atoms. The van der Waals surface area contributed by atoms with Crippen molar-refractivity contribution in [3.8, 4) is 10.7 Å². The summed E-state index contributed by atoms with van der Waals surface area (Å²) >= 11 is 1.64. The third-order valence-corrected chi connectivity index (χ3v) is 5.16. The summed E-state index contributed by atoms with van der Waals surface area (Å²) in [5.41, 5.74) is 2.69. The van der Waals surface area contributed by atoms with Crippen LogP contribution >= 0.6 is 11.3 Å². The second kappa shape index (κ2) is 6.26. The number of rotatable bonds is 4. The van der Waals surface area contributed by atoms with Crippen LogP contribution in [0.15, 0.2) is 46.3 Å². The first-order valence-electron chi connectivity index (χ1n) is 7.93. The van der Waals surface area contributed by atoms with Gasteiger partial charge in [0.1, 0.15) is 0 Å². The second-order valence-electron chi connectivity index (χ2n) is 6.14. The summed E-state index contributed by atoms with van der Waals surface area (Å²) < 4.78 is 5.51. The van der Waals surface area contributed by atoms with Gasteiger partial charge in [-0.3, -0.25) is 4.90 Å². The van der Waals surface area contributed by atoms with Crippen molar-refractivity contribution in [1.29, 1.82) is 0 Å². The third kappa shape index (κ3) is 3.21. The number of aryl methyl sites for hydroxylation is 1. The van der Waals surface area contributed by atoms with Gasteiger partial charge in [0.05, 0.1) is 10.8 Å². The fraction of sp³-hybridized carbons (Fsp3) is 0.333. The number of likely N-dealkylation sites (tertiary alicyclic amines) is 1. The van der Waals surface area contributed by atoms with Gasteiger partial charge in [-0.25, -0.2) is 0 Å². The van der Waals surface area contributed by atoms with Crippen molar-refractivity contribution in [3.63, 3.8) is 0 Å². The van der Waals surface area contributed by atoms with Gasteiger partial charge in [-0.05, 0) is 36.9 Å². The number of hydrogen-bond donors (Lipinski definition) is 0. The Labute approximate surface area is 139 Å². The van der Waals surface area contributed by atoms with Crippen LogP contribution in [-0.2, 0) is 6.54 Å². The number of nitrogens with zero attached hydrogens (tertiary/aromatic N) is 3. The van der Waals surface area contributed by atoms with Crippen molar-refractivity contribution >= 4 is 11.3 Å². The highest BCUT2D eigenvalue weighted by Crippen LogP contribution is 2.29. The zero-order valence-electron chi connectivity index (χ0n) is 13.1. The van der Waals surface area contributed by atoms with Gasteiger partial charge in [0.2, 0.25) is 11.7 Å². The fourth-order valence-electron chi connectivity index (χ4n) is 3.15. The number of thiophene rings is 1. The normalized spacial score (nSPS) is 18.6. The van der Waals surface area contributed by atoms with Crippen molar-refractivity contribution in [2.24, 2.45) is 0 Å². The maximum Gasteiger partial charge on any atom is 0.231 e. The van der Waals surface area contributed by atoms with Gasteiger partial charge in [0.25, 0.3) is 0 Å². The number of hydrogen-bond acceptors (Lipinski definition) is 5. The van der Waals surface area contributed by atoms with Crippen LogP contribution in [0.4, 0.5) is 0 Å². The minimum absolute atomic E-state index is 0.348. The molecule has 0 aliphatic carbocycles. The van der Waals surface area contributed by atoms with Crippen LogP contribution in [0.5, 0.6) is 0 Å². The molecule has 1 atom stereocenters. The zero-order chi connectivity index (χ0) is 15.6. The summed E-state index contributed by atoms with van der Waals surface area (Å²) in [6.07, 6.45) is 1.08. The molecule has 1 aromatic carbocycles. The molecule has 0 bridgehead atoms. The molecule has 1 aliphatic rings. The summed E-state index contributed by atoms with van der Waals surface area (Å²) in [6.45, 7) is 5.19. The van der Waals surface area contributed by atoms with Crippen molar-refractivity contribution in [2.45, 2.75) is 25.8 Å². The first kappa shape index (κ1) is 14.6. The van der Waals surface area contributed by atoms with E-state index in [9.17, 15) is 0 Å². The SMILES string of the molecule is Cc1cccc(CN2CC[C@H](c3nc(-c4cccs4)no3)C2)c1. The Morgan fingerprint density at radius 3 is 3.09 bits per heavy atom. The van der Waals surface area contributed by atoms with E-state index < -0.39 is 0 Å². The quantitative estimate of drug-likeness (QED) is 0.724. The highest BCUT2D eigenvalue weighted by molar-refractivity contribution is 7.13. The van der Waals surface area contributed by atoms with E-state index in [0.29, 0.717) is 11.7 Å². The lowest BCUT2D eigenvalue weighted by atomic mass is 10.1. The minimum atomic E-state index is 0.348. The van der Waals surface area contributed by atoms with Crippen LogP contribution in [0, 0.1) is 6.92 Å². The molecule has 118 valence electrons. The van der Waals surface area contributed by atoms with Crippen molar-refractivity contribution in [3.05, 3.63) is 58.8 Å². The Kier molecular flexibility index (Phi) is 3.97. The third-order valence-electron chi connectivity index (χ3n) is 4.29. The molecule has 4 nitrogen and oxygen atoms in total. The zero-order valence-corrected chi connectivity index (χ0v) is 13.9. The van der Waals surface area contributed by atoms with E-state index in [4.69, 9.17) is 4.52 Å². The first-order chi connectivity index (χ1) is 11.3. The lowest BCUT2D eigenvalue weighted by molar-refractivity contribution is 0.309. The maximum absolute atomic E-state index is 5.51. The largest absolute Gasteiger partial charge is 0.339 e. The van der Waals surface area contributed by atoms with Crippen molar-refractivity contribution in [1.82, 2.24) is 15.0 Å². The van der Waals surface area contributed by atoms with E-state index in [-0.39, 0.29) is 0 Å². The van der Waals surface area contributed by atoms with Crippen LogP contribution in [0.25, 0.3) is 10.7 Å². The molecule has 0 unspecified atom stereocenters. The maximum atomic E-state index is 5.51. The Morgan fingerprint density at radius 2 is 2.26 bits per heavy atom. The molecule has 4 rings (SSSR count). The molecule has 23 heavy (non-hydrogen) atoms. The average Bonchev–Trinajstić information content (AvgIpc) is 3.28. The second-order valence-corrected chi connectivity index (χ2v) is 7.09. The highest BCUT2D eigenvalue weighted by Gasteiger charge is 2.28. The van der Waals surface area contributed by atoms with E-state index in [1.54, 1.807) is 11.3 Å². The Balaban J connectivity index is 1.42. The molecule has 2 aromatic heterocycles. The summed E-state index contributed by atoms with van der Waals surface area (Å²) in [5.74, 6) is 1.84. The average molecular weight is 325 g/mol. The van der Waals surface area contributed by atoms with Gasteiger partial charge in [-0.15, -0.1) is 11.3 Å². The summed E-state index contributed by atoms with van der Waals surface area (Å²) in [7, 11) is 0. The van der Waals surface area contributed by atoms with Crippen LogP contribution in [0.1, 0.15) is 29.4 Å².